The molecule has 2 N–H and O–H groups in total. The number of carbonyl (C=O) groups excluding carboxylic acids is 1. The molecule has 1 unspecified atom stereocenters. The normalized spacial score (nSPS) is 11.8. The van der Waals surface area contributed by atoms with Crippen molar-refractivity contribution >= 4 is 5.91 Å². The summed E-state index contributed by atoms with van der Waals surface area (Å²) in [5.74, 6) is 1.45. The number of amides is 1. The first-order valence-electron chi connectivity index (χ1n) is 6.68. The van der Waals surface area contributed by atoms with E-state index >= 15 is 0 Å². The molecule has 0 heterocycles. The summed E-state index contributed by atoms with van der Waals surface area (Å²) < 4.78 is 10.4. The fourth-order valence-electron chi connectivity index (χ4n) is 1.88. The van der Waals surface area contributed by atoms with Crippen LogP contribution < -0.4 is 15.2 Å². The molecule has 0 saturated carbocycles. The number of carbonyl (C=O) groups is 1. The number of ether oxygens (including phenoxy) is 2. The zero-order valence-corrected chi connectivity index (χ0v) is 12.7. The molecule has 0 aliphatic carbocycles. The minimum atomic E-state index is 0.0495. The highest BCUT2D eigenvalue weighted by Crippen LogP contribution is 2.27. The molecule has 0 fully saturated rings. The summed E-state index contributed by atoms with van der Waals surface area (Å²) in [6, 6.07) is 5.70. The Morgan fingerprint density at radius 1 is 1.30 bits per heavy atom. The molecule has 0 spiro atoms. The van der Waals surface area contributed by atoms with E-state index in [0.29, 0.717) is 30.9 Å². The highest BCUT2D eigenvalue weighted by Gasteiger charge is 2.11. The maximum absolute atomic E-state index is 11.9. The summed E-state index contributed by atoms with van der Waals surface area (Å²) in [5.41, 5.74) is 6.66. The van der Waals surface area contributed by atoms with Crippen LogP contribution in [0, 0.1) is 0 Å². The molecule has 1 atom stereocenters. The molecular weight excluding hydrogens is 256 g/mol. The number of methoxy groups -OCH3 is 2. The van der Waals surface area contributed by atoms with Gasteiger partial charge in [0.2, 0.25) is 5.91 Å². The van der Waals surface area contributed by atoms with Gasteiger partial charge < -0.3 is 20.1 Å². The first-order valence-corrected chi connectivity index (χ1v) is 6.68. The fraction of sp³-hybridized carbons (Fsp3) is 0.533. The molecule has 1 aromatic rings. The van der Waals surface area contributed by atoms with Crippen molar-refractivity contribution in [2.24, 2.45) is 5.73 Å². The molecule has 5 heteroatoms. The minimum absolute atomic E-state index is 0.0495. The third-order valence-corrected chi connectivity index (χ3v) is 3.11. The van der Waals surface area contributed by atoms with Gasteiger partial charge in [0.1, 0.15) is 0 Å². The molecule has 5 nitrogen and oxygen atoms in total. The van der Waals surface area contributed by atoms with Crippen molar-refractivity contribution in [1.82, 2.24) is 4.90 Å². The summed E-state index contributed by atoms with van der Waals surface area (Å²) in [6.45, 7) is 2.44. The Hall–Kier alpha value is -1.75. The lowest BCUT2D eigenvalue weighted by Crippen LogP contribution is -2.28. The summed E-state index contributed by atoms with van der Waals surface area (Å²) in [4.78, 5) is 13.6. The van der Waals surface area contributed by atoms with Crippen LogP contribution >= 0.6 is 0 Å². The molecule has 0 aliphatic rings. The Kier molecular flexibility index (Phi) is 6.31. The Morgan fingerprint density at radius 3 is 2.50 bits per heavy atom. The molecule has 0 aliphatic heterocycles. The van der Waals surface area contributed by atoms with Crippen LogP contribution in [0.2, 0.25) is 0 Å². The lowest BCUT2D eigenvalue weighted by molar-refractivity contribution is -0.130. The van der Waals surface area contributed by atoms with Gasteiger partial charge in [-0.05, 0) is 31.0 Å². The third-order valence-electron chi connectivity index (χ3n) is 3.11. The number of rotatable bonds is 7. The monoisotopic (exact) mass is 280 g/mol. The molecule has 1 amide bonds. The summed E-state index contributed by atoms with van der Waals surface area (Å²) in [5, 5.41) is 0. The van der Waals surface area contributed by atoms with Crippen LogP contribution in [-0.4, -0.2) is 38.1 Å². The lowest BCUT2D eigenvalue weighted by Gasteiger charge is -2.18. The van der Waals surface area contributed by atoms with Crippen LogP contribution in [0.5, 0.6) is 11.5 Å². The maximum Gasteiger partial charge on any atom is 0.222 e. The highest BCUT2D eigenvalue weighted by molar-refractivity contribution is 5.75. The molecule has 0 saturated heterocycles. The van der Waals surface area contributed by atoms with Gasteiger partial charge in [0.15, 0.2) is 11.5 Å². The molecule has 20 heavy (non-hydrogen) atoms. The predicted molar refractivity (Wildman–Crippen MR) is 78.9 cm³/mol. The van der Waals surface area contributed by atoms with Crippen molar-refractivity contribution in [3.05, 3.63) is 23.8 Å². The van der Waals surface area contributed by atoms with Gasteiger partial charge in [0.05, 0.1) is 14.2 Å². The van der Waals surface area contributed by atoms with Gasteiger partial charge in [-0.3, -0.25) is 4.79 Å². The number of benzene rings is 1. The quantitative estimate of drug-likeness (QED) is 0.827. The fourth-order valence-corrected chi connectivity index (χ4v) is 1.88. The van der Waals surface area contributed by atoms with Crippen LogP contribution in [0.1, 0.15) is 25.3 Å². The average molecular weight is 280 g/mol. The number of nitrogens with two attached hydrogens (primary N) is 1. The largest absolute Gasteiger partial charge is 0.493 e. The van der Waals surface area contributed by atoms with E-state index in [1.165, 1.54) is 0 Å². The average Bonchev–Trinajstić information content (AvgIpc) is 2.44. The van der Waals surface area contributed by atoms with Gasteiger partial charge >= 0.3 is 0 Å². The van der Waals surface area contributed by atoms with Crippen LogP contribution in [-0.2, 0) is 11.3 Å². The van der Waals surface area contributed by atoms with E-state index in [9.17, 15) is 4.79 Å². The number of hydrogen-bond donors (Lipinski definition) is 1. The van der Waals surface area contributed by atoms with E-state index < -0.39 is 0 Å². The van der Waals surface area contributed by atoms with Gasteiger partial charge in [0, 0.05) is 26.1 Å². The summed E-state index contributed by atoms with van der Waals surface area (Å²) >= 11 is 0. The second kappa shape index (κ2) is 7.75. The van der Waals surface area contributed by atoms with Crippen LogP contribution in [0.15, 0.2) is 18.2 Å². The SMILES string of the molecule is COc1ccc(CN(C)C(=O)CCC(C)N)cc1OC. The van der Waals surface area contributed by atoms with E-state index in [4.69, 9.17) is 15.2 Å². The van der Waals surface area contributed by atoms with Crippen molar-refractivity contribution in [2.75, 3.05) is 21.3 Å². The van der Waals surface area contributed by atoms with E-state index in [0.717, 1.165) is 5.56 Å². The molecule has 112 valence electrons. The smallest absolute Gasteiger partial charge is 0.222 e. The third kappa shape index (κ3) is 4.74. The zero-order valence-electron chi connectivity index (χ0n) is 12.7. The van der Waals surface area contributed by atoms with E-state index in [-0.39, 0.29) is 11.9 Å². The molecular formula is C15H24N2O3. The highest BCUT2D eigenvalue weighted by atomic mass is 16.5. The van der Waals surface area contributed by atoms with Crippen molar-refractivity contribution < 1.29 is 14.3 Å². The van der Waals surface area contributed by atoms with Gasteiger partial charge in [-0.2, -0.15) is 0 Å². The topological polar surface area (TPSA) is 64.8 Å². The van der Waals surface area contributed by atoms with Crippen molar-refractivity contribution in [3.8, 4) is 11.5 Å². The molecule has 0 bridgehead atoms. The van der Waals surface area contributed by atoms with Crippen molar-refractivity contribution in [1.29, 1.82) is 0 Å². The first kappa shape index (κ1) is 16.3. The summed E-state index contributed by atoms with van der Waals surface area (Å²) in [7, 11) is 4.99. The predicted octanol–water partition coefficient (Wildman–Crippen LogP) is 1.79. The minimum Gasteiger partial charge on any atom is -0.493 e. The second-order valence-corrected chi connectivity index (χ2v) is 4.96. The number of nitrogens with zero attached hydrogens (tertiary/aromatic N) is 1. The molecule has 0 aromatic heterocycles. The van der Waals surface area contributed by atoms with Gasteiger partial charge in [-0.25, -0.2) is 0 Å². The Morgan fingerprint density at radius 2 is 1.95 bits per heavy atom. The zero-order chi connectivity index (χ0) is 15.1. The Balaban J connectivity index is 2.65. The van der Waals surface area contributed by atoms with E-state index in [1.807, 2.05) is 25.1 Å². The van der Waals surface area contributed by atoms with Crippen LogP contribution in [0.3, 0.4) is 0 Å². The summed E-state index contributed by atoms with van der Waals surface area (Å²) in [6.07, 6.45) is 1.18. The lowest BCUT2D eigenvalue weighted by atomic mass is 10.1. The van der Waals surface area contributed by atoms with Crippen molar-refractivity contribution in [2.45, 2.75) is 32.4 Å². The first-order chi connectivity index (χ1) is 9.47. The molecule has 0 radical (unpaired) electrons. The second-order valence-electron chi connectivity index (χ2n) is 4.96. The number of hydrogen-bond acceptors (Lipinski definition) is 4. The van der Waals surface area contributed by atoms with Crippen molar-refractivity contribution in [3.63, 3.8) is 0 Å². The maximum atomic E-state index is 11.9. The molecule has 1 rings (SSSR count). The van der Waals surface area contributed by atoms with Crippen LogP contribution in [0.4, 0.5) is 0 Å². The van der Waals surface area contributed by atoms with Gasteiger partial charge in [0.25, 0.3) is 0 Å². The van der Waals surface area contributed by atoms with E-state index in [1.54, 1.807) is 26.2 Å². The van der Waals surface area contributed by atoms with Crippen LogP contribution in [0.25, 0.3) is 0 Å². The standard InChI is InChI=1S/C15H24N2O3/c1-11(16)5-8-15(18)17(2)10-12-6-7-13(19-3)14(9-12)20-4/h6-7,9,11H,5,8,10,16H2,1-4H3. The van der Waals surface area contributed by atoms with E-state index in [2.05, 4.69) is 0 Å². The Labute approximate surface area is 120 Å². The Bertz CT molecular complexity index is 447. The van der Waals surface area contributed by atoms with Gasteiger partial charge in [-0.1, -0.05) is 6.07 Å². The molecule has 1 aromatic carbocycles. The van der Waals surface area contributed by atoms with Gasteiger partial charge in [-0.15, -0.1) is 0 Å².